The zero-order valence-corrected chi connectivity index (χ0v) is 12.7. The summed E-state index contributed by atoms with van der Waals surface area (Å²) in [5, 5.41) is 12.8. The van der Waals surface area contributed by atoms with E-state index >= 15 is 0 Å². The van der Waals surface area contributed by atoms with E-state index in [4.69, 9.17) is 0 Å². The predicted molar refractivity (Wildman–Crippen MR) is 77.8 cm³/mol. The summed E-state index contributed by atoms with van der Waals surface area (Å²) in [6, 6.07) is 1.29. The van der Waals surface area contributed by atoms with Crippen molar-refractivity contribution in [3.8, 4) is 0 Å². The van der Waals surface area contributed by atoms with Gasteiger partial charge in [-0.15, -0.1) is 0 Å². The van der Waals surface area contributed by atoms with E-state index in [1.807, 2.05) is 0 Å². The first-order chi connectivity index (χ1) is 8.49. The third-order valence-electron chi connectivity index (χ3n) is 4.18. The molecule has 108 valence electrons. The van der Waals surface area contributed by atoms with Gasteiger partial charge in [0.2, 0.25) is 0 Å². The Bertz CT molecular complexity index is 221. The lowest BCUT2D eigenvalue weighted by Crippen LogP contribution is -2.47. The molecule has 1 aliphatic rings. The number of nitrogens with one attached hydrogen (secondary N) is 1. The first-order valence-corrected chi connectivity index (χ1v) is 7.57. The third-order valence-corrected chi connectivity index (χ3v) is 4.18. The fourth-order valence-corrected chi connectivity index (χ4v) is 2.74. The van der Waals surface area contributed by atoms with Gasteiger partial charge in [-0.3, -0.25) is 4.90 Å². The van der Waals surface area contributed by atoms with Crippen molar-refractivity contribution in [1.82, 2.24) is 10.2 Å². The fraction of sp³-hybridized carbons (Fsp3) is 1.00. The second kappa shape index (κ2) is 7.46. The zero-order chi connectivity index (χ0) is 13.6. The number of nitrogens with zero attached hydrogens (tertiary/aromatic N) is 1. The van der Waals surface area contributed by atoms with E-state index in [1.165, 1.54) is 25.7 Å². The minimum atomic E-state index is 0.290. The average Bonchev–Trinajstić information content (AvgIpc) is 2.20. The van der Waals surface area contributed by atoms with Crippen molar-refractivity contribution in [2.24, 2.45) is 5.41 Å². The summed E-state index contributed by atoms with van der Waals surface area (Å²) in [4.78, 5) is 2.49. The van der Waals surface area contributed by atoms with E-state index in [9.17, 15) is 5.11 Å². The highest BCUT2D eigenvalue weighted by molar-refractivity contribution is 4.84. The maximum Gasteiger partial charge on any atom is 0.0558 e. The molecule has 0 bridgehead atoms. The summed E-state index contributed by atoms with van der Waals surface area (Å²) in [5.74, 6) is 0. The molecule has 1 rings (SSSR count). The average molecular weight is 256 g/mol. The van der Waals surface area contributed by atoms with Crippen LogP contribution in [0.5, 0.6) is 0 Å². The number of rotatable bonds is 8. The van der Waals surface area contributed by atoms with E-state index in [-0.39, 0.29) is 6.61 Å². The Labute approximate surface area is 113 Å². The number of aliphatic hydroxyl groups excluding tert-OH is 1. The van der Waals surface area contributed by atoms with Crippen LogP contribution >= 0.6 is 0 Å². The molecule has 3 heteroatoms. The quantitative estimate of drug-likeness (QED) is 0.699. The van der Waals surface area contributed by atoms with Crippen molar-refractivity contribution in [1.29, 1.82) is 0 Å². The summed E-state index contributed by atoms with van der Waals surface area (Å²) in [5.41, 5.74) is 0.306. The molecule has 1 fully saturated rings. The first-order valence-electron chi connectivity index (χ1n) is 7.57. The molecule has 0 heterocycles. The molecule has 1 unspecified atom stereocenters. The van der Waals surface area contributed by atoms with Crippen LogP contribution in [0.3, 0.4) is 0 Å². The van der Waals surface area contributed by atoms with Crippen molar-refractivity contribution in [2.45, 2.75) is 65.5 Å². The van der Waals surface area contributed by atoms with E-state index in [0.717, 1.165) is 25.7 Å². The molecule has 3 nitrogen and oxygen atoms in total. The van der Waals surface area contributed by atoms with Crippen molar-refractivity contribution in [3.63, 3.8) is 0 Å². The zero-order valence-electron chi connectivity index (χ0n) is 12.7. The van der Waals surface area contributed by atoms with Gasteiger partial charge >= 0.3 is 0 Å². The molecule has 0 aliphatic heterocycles. The Morgan fingerprint density at radius 3 is 2.33 bits per heavy atom. The SMILES string of the molecule is CCNC(CCN(CCO)C1CCC1)C(C)(C)C. The Morgan fingerprint density at radius 2 is 1.94 bits per heavy atom. The normalized spacial score (nSPS) is 19.0. The maximum atomic E-state index is 9.18. The van der Waals surface area contributed by atoms with Gasteiger partial charge in [0.05, 0.1) is 6.61 Å². The molecule has 2 N–H and O–H groups in total. The van der Waals surface area contributed by atoms with Crippen LogP contribution < -0.4 is 5.32 Å². The fourth-order valence-electron chi connectivity index (χ4n) is 2.74. The Morgan fingerprint density at radius 1 is 1.28 bits per heavy atom. The van der Waals surface area contributed by atoms with E-state index in [2.05, 4.69) is 37.9 Å². The molecule has 0 saturated heterocycles. The molecule has 1 atom stereocenters. The topological polar surface area (TPSA) is 35.5 Å². The summed E-state index contributed by atoms with van der Waals surface area (Å²) in [6.45, 7) is 12.4. The largest absolute Gasteiger partial charge is 0.395 e. The lowest BCUT2D eigenvalue weighted by Gasteiger charge is -2.39. The van der Waals surface area contributed by atoms with Crippen molar-refractivity contribution < 1.29 is 5.11 Å². The van der Waals surface area contributed by atoms with Crippen molar-refractivity contribution in [3.05, 3.63) is 0 Å². The first kappa shape index (κ1) is 15.9. The van der Waals surface area contributed by atoms with Crippen LogP contribution in [0, 0.1) is 5.41 Å². The standard InChI is InChI=1S/C15H32N2O/c1-5-16-14(15(2,3)4)9-10-17(11-12-18)13-7-6-8-13/h13-14,16,18H,5-12H2,1-4H3. The molecule has 1 aliphatic carbocycles. The smallest absolute Gasteiger partial charge is 0.0558 e. The summed E-state index contributed by atoms with van der Waals surface area (Å²) in [6.07, 6.45) is 5.18. The van der Waals surface area contributed by atoms with Gasteiger partial charge in [0, 0.05) is 25.2 Å². The van der Waals surface area contributed by atoms with E-state index < -0.39 is 0 Å². The van der Waals surface area contributed by atoms with Crippen LogP contribution in [0.2, 0.25) is 0 Å². The molecule has 0 aromatic heterocycles. The maximum absolute atomic E-state index is 9.18. The molecule has 0 spiro atoms. The molecule has 0 amide bonds. The van der Waals surface area contributed by atoms with Crippen LogP contribution in [-0.2, 0) is 0 Å². The Hall–Kier alpha value is -0.120. The lowest BCUT2D eigenvalue weighted by atomic mass is 9.84. The summed E-state index contributed by atoms with van der Waals surface area (Å²) < 4.78 is 0. The summed E-state index contributed by atoms with van der Waals surface area (Å²) in [7, 11) is 0. The number of aliphatic hydroxyl groups is 1. The highest BCUT2D eigenvalue weighted by Crippen LogP contribution is 2.27. The summed E-state index contributed by atoms with van der Waals surface area (Å²) >= 11 is 0. The van der Waals surface area contributed by atoms with Crippen molar-refractivity contribution >= 4 is 0 Å². The lowest BCUT2D eigenvalue weighted by molar-refractivity contribution is 0.0903. The predicted octanol–water partition coefficient (Wildman–Crippen LogP) is 2.25. The Kier molecular flexibility index (Phi) is 6.61. The molecular formula is C15H32N2O. The highest BCUT2D eigenvalue weighted by Gasteiger charge is 2.28. The van der Waals surface area contributed by atoms with E-state index in [1.54, 1.807) is 0 Å². The number of hydrogen-bond donors (Lipinski definition) is 2. The van der Waals surface area contributed by atoms with Gasteiger partial charge in [0.1, 0.15) is 0 Å². The highest BCUT2D eigenvalue weighted by atomic mass is 16.3. The van der Waals surface area contributed by atoms with Gasteiger partial charge in [0.25, 0.3) is 0 Å². The van der Waals surface area contributed by atoms with Crippen LogP contribution in [0.15, 0.2) is 0 Å². The Balaban J connectivity index is 2.42. The van der Waals surface area contributed by atoms with Crippen LogP contribution in [0.25, 0.3) is 0 Å². The molecule has 0 aromatic carbocycles. The monoisotopic (exact) mass is 256 g/mol. The minimum absolute atomic E-state index is 0.290. The van der Waals surface area contributed by atoms with Gasteiger partial charge in [-0.2, -0.15) is 0 Å². The second-order valence-corrected chi connectivity index (χ2v) is 6.61. The van der Waals surface area contributed by atoms with Crippen LogP contribution in [0.4, 0.5) is 0 Å². The molecule has 0 radical (unpaired) electrons. The third kappa shape index (κ3) is 4.87. The second-order valence-electron chi connectivity index (χ2n) is 6.61. The molecular weight excluding hydrogens is 224 g/mol. The van der Waals surface area contributed by atoms with Gasteiger partial charge in [-0.1, -0.05) is 34.1 Å². The minimum Gasteiger partial charge on any atom is -0.395 e. The number of hydrogen-bond acceptors (Lipinski definition) is 3. The van der Waals surface area contributed by atoms with Crippen LogP contribution in [-0.4, -0.2) is 48.3 Å². The van der Waals surface area contributed by atoms with Gasteiger partial charge in [-0.05, 0) is 31.2 Å². The molecule has 18 heavy (non-hydrogen) atoms. The molecule has 0 aromatic rings. The van der Waals surface area contributed by atoms with Crippen molar-refractivity contribution in [2.75, 3.05) is 26.2 Å². The van der Waals surface area contributed by atoms with E-state index in [0.29, 0.717) is 11.5 Å². The van der Waals surface area contributed by atoms with Crippen LogP contribution in [0.1, 0.15) is 53.4 Å². The molecule has 1 saturated carbocycles. The van der Waals surface area contributed by atoms with Gasteiger partial charge in [0.15, 0.2) is 0 Å². The van der Waals surface area contributed by atoms with Gasteiger partial charge < -0.3 is 10.4 Å². The van der Waals surface area contributed by atoms with Gasteiger partial charge in [-0.25, -0.2) is 0 Å².